The standard InChI is InChI=1S/C17H26N2O/c1-11(2)16(18)17(20)19-12(3)14-9-8-13-6-4-5-7-15(13)10-14/h8-12,16H,4-7,18H2,1-3H3,(H,19,20)/t12?,16-/m0/s1. The van der Waals surface area contributed by atoms with Crippen molar-refractivity contribution in [3.8, 4) is 0 Å². The molecule has 0 saturated carbocycles. The van der Waals surface area contributed by atoms with Gasteiger partial charge in [-0.25, -0.2) is 0 Å². The molecule has 3 N–H and O–H groups in total. The third-order valence-corrected chi connectivity index (χ3v) is 4.25. The number of amides is 1. The number of carbonyl (C=O) groups excluding carboxylic acids is 1. The maximum atomic E-state index is 12.0. The lowest BCUT2D eigenvalue weighted by Crippen LogP contribution is -2.44. The van der Waals surface area contributed by atoms with Gasteiger partial charge in [-0.15, -0.1) is 0 Å². The molecule has 0 spiro atoms. The molecular weight excluding hydrogens is 248 g/mol. The van der Waals surface area contributed by atoms with Crippen LogP contribution in [0.2, 0.25) is 0 Å². The number of nitrogens with one attached hydrogen (secondary N) is 1. The van der Waals surface area contributed by atoms with E-state index in [1.165, 1.54) is 36.0 Å². The Bertz CT molecular complexity index is 482. The summed E-state index contributed by atoms with van der Waals surface area (Å²) in [4.78, 5) is 12.0. The number of hydrogen-bond donors (Lipinski definition) is 2. The summed E-state index contributed by atoms with van der Waals surface area (Å²) in [5.74, 6) is 0.0935. The van der Waals surface area contributed by atoms with Crippen molar-refractivity contribution in [1.82, 2.24) is 5.32 Å². The monoisotopic (exact) mass is 274 g/mol. The van der Waals surface area contributed by atoms with Gasteiger partial charge >= 0.3 is 0 Å². The lowest BCUT2D eigenvalue weighted by atomic mass is 9.89. The summed E-state index contributed by atoms with van der Waals surface area (Å²) in [6, 6.07) is 6.18. The van der Waals surface area contributed by atoms with E-state index in [9.17, 15) is 4.79 Å². The number of nitrogens with two attached hydrogens (primary N) is 1. The van der Waals surface area contributed by atoms with Crippen molar-refractivity contribution < 1.29 is 4.79 Å². The molecule has 0 saturated heterocycles. The zero-order chi connectivity index (χ0) is 14.7. The topological polar surface area (TPSA) is 55.1 Å². The van der Waals surface area contributed by atoms with Gasteiger partial charge < -0.3 is 11.1 Å². The summed E-state index contributed by atoms with van der Waals surface area (Å²) in [6.07, 6.45) is 4.92. The van der Waals surface area contributed by atoms with Crippen LogP contribution >= 0.6 is 0 Å². The van der Waals surface area contributed by atoms with E-state index in [0.29, 0.717) is 0 Å². The van der Waals surface area contributed by atoms with Crippen molar-refractivity contribution >= 4 is 5.91 Å². The number of aryl methyl sites for hydroxylation is 2. The van der Waals surface area contributed by atoms with Crippen LogP contribution in [0.3, 0.4) is 0 Å². The van der Waals surface area contributed by atoms with E-state index in [2.05, 4.69) is 23.5 Å². The molecule has 0 fully saturated rings. The van der Waals surface area contributed by atoms with Crippen molar-refractivity contribution in [2.24, 2.45) is 11.7 Å². The second-order valence-corrected chi connectivity index (χ2v) is 6.24. The Balaban J connectivity index is 2.06. The molecule has 20 heavy (non-hydrogen) atoms. The average molecular weight is 274 g/mol. The number of carbonyl (C=O) groups is 1. The minimum atomic E-state index is -0.435. The normalized spacial score (nSPS) is 17.4. The first-order chi connectivity index (χ1) is 9.49. The Morgan fingerprint density at radius 2 is 1.80 bits per heavy atom. The maximum absolute atomic E-state index is 12.0. The average Bonchev–Trinajstić information content (AvgIpc) is 2.45. The molecule has 1 aliphatic carbocycles. The van der Waals surface area contributed by atoms with Crippen molar-refractivity contribution in [2.45, 2.75) is 58.5 Å². The molecule has 1 aromatic rings. The van der Waals surface area contributed by atoms with Gasteiger partial charge in [-0.2, -0.15) is 0 Å². The van der Waals surface area contributed by atoms with Gasteiger partial charge in [0.1, 0.15) is 0 Å². The Morgan fingerprint density at radius 1 is 1.15 bits per heavy atom. The molecule has 0 heterocycles. The highest BCUT2D eigenvalue weighted by Crippen LogP contribution is 2.24. The number of fused-ring (bicyclic) bond motifs is 1. The fourth-order valence-electron chi connectivity index (χ4n) is 2.72. The minimum Gasteiger partial charge on any atom is -0.348 e. The van der Waals surface area contributed by atoms with Crippen molar-refractivity contribution in [3.05, 3.63) is 34.9 Å². The molecule has 1 amide bonds. The molecule has 2 rings (SSSR count). The van der Waals surface area contributed by atoms with E-state index in [1.54, 1.807) is 0 Å². The second kappa shape index (κ2) is 6.40. The molecule has 110 valence electrons. The highest BCUT2D eigenvalue weighted by molar-refractivity contribution is 5.82. The van der Waals surface area contributed by atoms with E-state index in [1.807, 2.05) is 20.8 Å². The van der Waals surface area contributed by atoms with Gasteiger partial charge in [0.2, 0.25) is 5.91 Å². The van der Waals surface area contributed by atoms with E-state index >= 15 is 0 Å². The van der Waals surface area contributed by atoms with E-state index in [0.717, 1.165) is 6.42 Å². The SMILES string of the molecule is CC(NC(=O)[C@@H](N)C(C)C)c1ccc2c(c1)CCCC2. The smallest absolute Gasteiger partial charge is 0.237 e. The summed E-state index contributed by atoms with van der Waals surface area (Å²) in [5.41, 5.74) is 9.98. The fourth-order valence-corrected chi connectivity index (χ4v) is 2.72. The van der Waals surface area contributed by atoms with Crippen molar-refractivity contribution in [2.75, 3.05) is 0 Å². The first-order valence-electron chi connectivity index (χ1n) is 7.66. The highest BCUT2D eigenvalue weighted by atomic mass is 16.2. The van der Waals surface area contributed by atoms with Gasteiger partial charge in [0.15, 0.2) is 0 Å². The maximum Gasteiger partial charge on any atom is 0.237 e. The van der Waals surface area contributed by atoms with Crippen LogP contribution in [0, 0.1) is 5.92 Å². The fraction of sp³-hybridized carbons (Fsp3) is 0.588. The lowest BCUT2D eigenvalue weighted by Gasteiger charge is -2.22. The largest absolute Gasteiger partial charge is 0.348 e. The van der Waals surface area contributed by atoms with E-state index < -0.39 is 6.04 Å². The highest BCUT2D eigenvalue weighted by Gasteiger charge is 2.20. The molecule has 0 radical (unpaired) electrons. The molecule has 0 aliphatic heterocycles. The van der Waals surface area contributed by atoms with Gasteiger partial charge in [-0.3, -0.25) is 4.79 Å². The van der Waals surface area contributed by atoms with Crippen molar-refractivity contribution in [1.29, 1.82) is 0 Å². The first kappa shape index (κ1) is 15.0. The molecule has 2 atom stereocenters. The predicted molar refractivity (Wildman–Crippen MR) is 82.5 cm³/mol. The zero-order valence-corrected chi connectivity index (χ0v) is 12.8. The summed E-state index contributed by atoms with van der Waals surface area (Å²) < 4.78 is 0. The number of benzene rings is 1. The van der Waals surface area contributed by atoms with Crippen LogP contribution in [0.5, 0.6) is 0 Å². The molecule has 1 aliphatic rings. The van der Waals surface area contributed by atoms with E-state index in [4.69, 9.17) is 5.73 Å². The quantitative estimate of drug-likeness (QED) is 0.887. The molecule has 1 aromatic carbocycles. The minimum absolute atomic E-state index is 0.0135. The Kier molecular flexibility index (Phi) is 4.81. The molecular formula is C17H26N2O. The molecule has 3 nitrogen and oxygen atoms in total. The zero-order valence-electron chi connectivity index (χ0n) is 12.8. The first-order valence-corrected chi connectivity index (χ1v) is 7.66. The summed E-state index contributed by atoms with van der Waals surface area (Å²) in [6.45, 7) is 5.96. The molecule has 3 heteroatoms. The number of rotatable bonds is 4. The van der Waals surface area contributed by atoms with Gasteiger partial charge in [-0.1, -0.05) is 32.0 Å². The van der Waals surface area contributed by atoms with Crippen LogP contribution < -0.4 is 11.1 Å². The lowest BCUT2D eigenvalue weighted by molar-refractivity contribution is -0.123. The summed E-state index contributed by atoms with van der Waals surface area (Å²) >= 11 is 0. The third kappa shape index (κ3) is 3.40. The summed E-state index contributed by atoms with van der Waals surface area (Å²) in [5, 5.41) is 3.02. The molecule has 0 bridgehead atoms. The second-order valence-electron chi connectivity index (χ2n) is 6.24. The van der Waals surface area contributed by atoms with Crippen LogP contribution in [0.25, 0.3) is 0 Å². The van der Waals surface area contributed by atoms with Crippen LogP contribution in [0.1, 0.15) is 56.3 Å². The Labute approximate surface area is 121 Å². The Hall–Kier alpha value is -1.35. The van der Waals surface area contributed by atoms with Crippen molar-refractivity contribution in [3.63, 3.8) is 0 Å². The predicted octanol–water partition coefficient (Wildman–Crippen LogP) is 2.73. The van der Waals surface area contributed by atoms with E-state index in [-0.39, 0.29) is 17.9 Å². The van der Waals surface area contributed by atoms with Crippen LogP contribution in [-0.2, 0) is 17.6 Å². The molecule has 0 aromatic heterocycles. The van der Waals surface area contributed by atoms with Gasteiger partial charge in [-0.05, 0) is 55.2 Å². The molecule has 1 unspecified atom stereocenters. The summed E-state index contributed by atoms with van der Waals surface area (Å²) in [7, 11) is 0. The van der Waals surface area contributed by atoms with Gasteiger partial charge in [0, 0.05) is 0 Å². The third-order valence-electron chi connectivity index (χ3n) is 4.25. The number of hydrogen-bond acceptors (Lipinski definition) is 2. The van der Waals surface area contributed by atoms with Gasteiger partial charge in [0.05, 0.1) is 12.1 Å². The Morgan fingerprint density at radius 3 is 2.45 bits per heavy atom. The van der Waals surface area contributed by atoms with Crippen LogP contribution in [0.15, 0.2) is 18.2 Å². The van der Waals surface area contributed by atoms with Crippen LogP contribution in [0.4, 0.5) is 0 Å². The van der Waals surface area contributed by atoms with Crippen LogP contribution in [-0.4, -0.2) is 11.9 Å². The van der Waals surface area contributed by atoms with Gasteiger partial charge in [0.25, 0.3) is 0 Å².